The second-order valence-corrected chi connectivity index (χ2v) is 6.36. The number of rotatable bonds is 1. The van der Waals surface area contributed by atoms with E-state index >= 15 is 0 Å². The van der Waals surface area contributed by atoms with Gasteiger partial charge in [-0.2, -0.15) is 0 Å². The number of allylic oxidation sites excluding steroid dienone is 1. The number of amides is 1. The van der Waals surface area contributed by atoms with E-state index in [1.54, 1.807) is 4.90 Å². The van der Waals surface area contributed by atoms with Gasteiger partial charge in [-0.25, -0.2) is 4.79 Å². The summed E-state index contributed by atoms with van der Waals surface area (Å²) in [6, 6.07) is 0. The third-order valence-corrected chi connectivity index (χ3v) is 3.40. The predicted molar refractivity (Wildman–Crippen MR) is 77.3 cm³/mol. The predicted octanol–water partition coefficient (Wildman–Crippen LogP) is 2.58. The zero-order valence-electron chi connectivity index (χ0n) is 12.9. The van der Waals surface area contributed by atoms with Gasteiger partial charge < -0.3 is 14.4 Å². The molecule has 114 valence electrons. The molecule has 0 aromatic carbocycles. The highest BCUT2D eigenvalue weighted by Crippen LogP contribution is 2.23. The first-order chi connectivity index (χ1) is 9.46. The number of morpholine rings is 1. The Morgan fingerprint density at radius 2 is 1.90 bits per heavy atom. The third-order valence-electron chi connectivity index (χ3n) is 3.40. The van der Waals surface area contributed by atoms with Gasteiger partial charge in [0.1, 0.15) is 5.60 Å². The summed E-state index contributed by atoms with van der Waals surface area (Å²) in [5, 5.41) is 0. The van der Waals surface area contributed by atoms with Crippen LogP contribution in [0.2, 0.25) is 0 Å². The Morgan fingerprint density at radius 3 is 2.55 bits per heavy atom. The molecule has 0 aliphatic carbocycles. The van der Waals surface area contributed by atoms with Crippen LogP contribution in [0, 0.1) is 0 Å². The van der Waals surface area contributed by atoms with Gasteiger partial charge in [-0.15, -0.1) is 0 Å². The molecule has 0 aromatic rings. The SMILES string of the molecule is CC(C)(C)OC(=O)N1CCCCC1=CN1CCOCC1. The molecule has 0 bridgehead atoms. The molecule has 2 rings (SSSR count). The van der Waals surface area contributed by atoms with E-state index in [2.05, 4.69) is 11.1 Å². The van der Waals surface area contributed by atoms with Gasteiger partial charge in [0, 0.05) is 31.5 Å². The zero-order valence-corrected chi connectivity index (χ0v) is 12.9. The van der Waals surface area contributed by atoms with Crippen LogP contribution < -0.4 is 0 Å². The number of carbonyl (C=O) groups is 1. The summed E-state index contributed by atoms with van der Waals surface area (Å²) < 4.78 is 10.9. The van der Waals surface area contributed by atoms with Crippen molar-refractivity contribution in [2.45, 2.75) is 45.6 Å². The maximum absolute atomic E-state index is 12.3. The average molecular weight is 282 g/mol. The van der Waals surface area contributed by atoms with Gasteiger partial charge in [-0.3, -0.25) is 4.90 Å². The Balaban J connectivity index is 2.04. The van der Waals surface area contributed by atoms with Gasteiger partial charge in [0.25, 0.3) is 0 Å². The molecule has 0 spiro atoms. The van der Waals surface area contributed by atoms with Gasteiger partial charge in [-0.1, -0.05) is 0 Å². The van der Waals surface area contributed by atoms with Gasteiger partial charge in [0.2, 0.25) is 0 Å². The van der Waals surface area contributed by atoms with E-state index in [1.165, 1.54) is 0 Å². The Bertz CT molecular complexity index is 368. The first-order valence-electron chi connectivity index (χ1n) is 7.49. The molecule has 0 unspecified atom stereocenters. The van der Waals surface area contributed by atoms with E-state index in [0.717, 1.165) is 57.8 Å². The minimum Gasteiger partial charge on any atom is -0.443 e. The number of piperidine rings is 1. The van der Waals surface area contributed by atoms with Crippen molar-refractivity contribution >= 4 is 6.09 Å². The van der Waals surface area contributed by atoms with Crippen molar-refractivity contribution in [1.29, 1.82) is 0 Å². The fourth-order valence-electron chi connectivity index (χ4n) is 2.43. The van der Waals surface area contributed by atoms with Gasteiger partial charge in [-0.05, 0) is 40.0 Å². The Kier molecular flexibility index (Phi) is 4.91. The van der Waals surface area contributed by atoms with Crippen LogP contribution in [0.5, 0.6) is 0 Å². The lowest BCUT2D eigenvalue weighted by atomic mass is 10.1. The topological polar surface area (TPSA) is 42.0 Å². The Morgan fingerprint density at radius 1 is 1.20 bits per heavy atom. The van der Waals surface area contributed by atoms with Crippen molar-refractivity contribution in [3.63, 3.8) is 0 Å². The summed E-state index contributed by atoms with van der Waals surface area (Å²) in [6.45, 7) is 9.77. The standard InChI is InChI=1S/C15H26N2O3/c1-15(2,3)20-14(18)17-7-5-4-6-13(17)12-16-8-10-19-11-9-16/h12H,4-11H2,1-3H3. The second kappa shape index (κ2) is 6.48. The molecule has 5 heteroatoms. The number of carbonyl (C=O) groups excluding carboxylic acids is 1. The van der Waals surface area contributed by atoms with E-state index in [-0.39, 0.29) is 6.09 Å². The molecule has 2 fully saturated rings. The summed E-state index contributed by atoms with van der Waals surface area (Å²) in [6.07, 6.45) is 5.01. The quantitative estimate of drug-likeness (QED) is 0.741. The number of ether oxygens (including phenoxy) is 2. The van der Waals surface area contributed by atoms with Crippen molar-refractivity contribution in [2.75, 3.05) is 32.8 Å². The van der Waals surface area contributed by atoms with Crippen LogP contribution in [0.25, 0.3) is 0 Å². The van der Waals surface area contributed by atoms with E-state index in [9.17, 15) is 4.79 Å². The lowest BCUT2D eigenvalue weighted by Gasteiger charge is -2.34. The number of nitrogens with zero attached hydrogens (tertiary/aromatic N) is 2. The molecule has 2 aliphatic heterocycles. The summed E-state index contributed by atoms with van der Waals surface area (Å²) in [5.41, 5.74) is 0.630. The van der Waals surface area contributed by atoms with Crippen molar-refractivity contribution < 1.29 is 14.3 Å². The highest BCUT2D eigenvalue weighted by molar-refractivity contribution is 5.70. The number of hydrogen-bond donors (Lipinski definition) is 0. The maximum atomic E-state index is 12.3. The first kappa shape index (κ1) is 15.2. The van der Waals surface area contributed by atoms with Crippen LogP contribution in [0.4, 0.5) is 4.79 Å². The van der Waals surface area contributed by atoms with E-state index in [1.807, 2.05) is 20.8 Å². The molecule has 0 N–H and O–H groups in total. The third kappa shape index (κ3) is 4.40. The van der Waals surface area contributed by atoms with Crippen LogP contribution in [0.3, 0.4) is 0 Å². The summed E-state index contributed by atoms with van der Waals surface area (Å²) in [5.74, 6) is 0. The maximum Gasteiger partial charge on any atom is 0.414 e. The molecular weight excluding hydrogens is 256 g/mol. The van der Waals surface area contributed by atoms with Crippen LogP contribution in [-0.4, -0.2) is 54.3 Å². The summed E-state index contributed by atoms with van der Waals surface area (Å²) in [4.78, 5) is 16.3. The van der Waals surface area contributed by atoms with E-state index in [4.69, 9.17) is 9.47 Å². The zero-order chi connectivity index (χ0) is 14.6. The average Bonchev–Trinajstić information content (AvgIpc) is 2.38. The Labute approximate surface area is 121 Å². The Hall–Kier alpha value is -1.23. The van der Waals surface area contributed by atoms with Gasteiger partial charge >= 0.3 is 6.09 Å². The molecule has 0 radical (unpaired) electrons. The second-order valence-electron chi connectivity index (χ2n) is 6.36. The van der Waals surface area contributed by atoms with Crippen LogP contribution in [-0.2, 0) is 9.47 Å². The lowest BCUT2D eigenvalue weighted by molar-refractivity contribution is 0.0272. The smallest absolute Gasteiger partial charge is 0.414 e. The highest BCUT2D eigenvalue weighted by Gasteiger charge is 2.27. The molecule has 1 amide bonds. The fourth-order valence-corrected chi connectivity index (χ4v) is 2.43. The van der Waals surface area contributed by atoms with Crippen molar-refractivity contribution in [3.8, 4) is 0 Å². The van der Waals surface area contributed by atoms with Crippen molar-refractivity contribution in [1.82, 2.24) is 9.80 Å². The minimum absolute atomic E-state index is 0.225. The van der Waals surface area contributed by atoms with Crippen LogP contribution >= 0.6 is 0 Å². The van der Waals surface area contributed by atoms with Crippen LogP contribution in [0.1, 0.15) is 40.0 Å². The van der Waals surface area contributed by atoms with Crippen molar-refractivity contribution in [3.05, 3.63) is 11.9 Å². The largest absolute Gasteiger partial charge is 0.443 e. The minimum atomic E-state index is -0.446. The molecule has 2 aliphatic rings. The molecule has 2 saturated heterocycles. The molecule has 5 nitrogen and oxygen atoms in total. The van der Waals surface area contributed by atoms with Gasteiger partial charge in [0.05, 0.1) is 13.2 Å². The van der Waals surface area contributed by atoms with Gasteiger partial charge in [0.15, 0.2) is 0 Å². The molecular formula is C15H26N2O3. The van der Waals surface area contributed by atoms with Crippen molar-refractivity contribution in [2.24, 2.45) is 0 Å². The monoisotopic (exact) mass is 282 g/mol. The summed E-state index contributed by atoms with van der Waals surface area (Å²) in [7, 11) is 0. The molecule has 20 heavy (non-hydrogen) atoms. The van der Waals surface area contributed by atoms with E-state index < -0.39 is 5.60 Å². The fraction of sp³-hybridized carbons (Fsp3) is 0.800. The molecule has 2 heterocycles. The van der Waals surface area contributed by atoms with Crippen LogP contribution in [0.15, 0.2) is 11.9 Å². The molecule has 0 atom stereocenters. The highest BCUT2D eigenvalue weighted by atomic mass is 16.6. The number of hydrogen-bond acceptors (Lipinski definition) is 4. The first-order valence-corrected chi connectivity index (χ1v) is 7.49. The lowest BCUT2D eigenvalue weighted by Crippen LogP contribution is -2.40. The molecule has 0 saturated carbocycles. The summed E-state index contributed by atoms with van der Waals surface area (Å²) >= 11 is 0. The normalized spacial score (nSPS) is 23.1. The number of likely N-dealkylation sites (tertiary alicyclic amines) is 1. The van der Waals surface area contributed by atoms with E-state index in [0.29, 0.717) is 0 Å². The molecule has 0 aromatic heterocycles.